The summed E-state index contributed by atoms with van der Waals surface area (Å²) in [4.78, 5) is 0. The van der Waals surface area contributed by atoms with Gasteiger partial charge in [0.1, 0.15) is 11.6 Å². The molecule has 0 bridgehead atoms. The molecule has 21 heavy (non-hydrogen) atoms. The fraction of sp³-hybridized carbons (Fsp3) is 0.294. The van der Waals surface area contributed by atoms with Crippen molar-refractivity contribution in [1.29, 1.82) is 0 Å². The van der Waals surface area contributed by atoms with Gasteiger partial charge in [-0.15, -0.1) is 0 Å². The fourth-order valence-electron chi connectivity index (χ4n) is 2.39. The van der Waals surface area contributed by atoms with Crippen LogP contribution < -0.4 is 10.1 Å². The number of para-hydroxylation sites is 1. The maximum atomic E-state index is 13.9. The number of ether oxygens (including phenoxy) is 1. The third kappa shape index (κ3) is 3.96. The van der Waals surface area contributed by atoms with Crippen LogP contribution in [0.1, 0.15) is 11.1 Å². The number of hydrogen-bond acceptors (Lipinski definition) is 2. The molecule has 0 fully saturated rings. The molecule has 112 valence electrons. The molecule has 0 aliphatic rings. The first-order valence-corrected chi connectivity index (χ1v) is 7.25. The molecular weight excluding hydrogens is 289 g/mol. The standard InChI is InChI=1S/C17H19ClFNO/c1-20-13(10-12-6-3-4-9-17(12)21-2)11-14-15(18)7-5-8-16(14)19/h3-9,13,20H,10-11H2,1-2H3. The van der Waals surface area contributed by atoms with Crippen LogP contribution in [0.2, 0.25) is 5.02 Å². The number of likely N-dealkylation sites (N-methyl/N-ethyl adjacent to an activating group) is 1. The van der Waals surface area contributed by atoms with E-state index in [0.717, 1.165) is 17.7 Å². The number of benzene rings is 2. The average Bonchev–Trinajstić information content (AvgIpc) is 2.50. The van der Waals surface area contributed by atoms with E-state index >= 15 is 0 Å². The van der Waals surface area contributed by atoms with E-state index in [1.165, 1.54) is 6.07 Å². The van der Waals surface area contributed by atoms with E-state index in [-0.39, 0.29) is 11.9 Å². The summed E-state index contributed by atoms with van der Waals surface area (Å²) < 4.78 is 19.3. The van der Waals surface area contributed by atoms with Crippen LogP contribution in [0.4, 0.5) is 4.39 Å². The van der Waals surface area contributed by atoms with Crippen molar-refractivity contribution in [2.45, 2.75) is 18.9 Å². The highest BCUT2D eigenvalue weighted by Crippen LogP contribution is 2.24. The molecule has 0 amide bonds. The van der Waals surface area contributed by atoms with Crippen LogP contribution in [0.25, 0.3) is 0 Å². The third-order valence-electron chi connectivity index (χ3n) is 3.58. The highest BCUT2D eigenvalue weighted by molar-refractivity contribution is 6.31. The molecule has 1 atom stereocenters. The molecule has 0 radical (unpaired) electrons. The summed E-state index contributed by atoms with van der Waals surface area (Å²) in [6, 6.07) is 12.7. The lowest BCUT2D eigenvalue weighted by Crippen LogP contribution is -2.30. The molecule has 2 aromatic rings. The van der Waals surface area contributed by atoms with E-state index in [9.17, 15) is 4.39 Å². The van der Waals surface area contributed by atoms with Gasteiger partial charge >= 0.3 is 0 Å². The maximum Gasteiger partial charge on any atom is 0.127 e. The van der Waals surface area contributed by atoms with E-state index in [0.29, 0.717) is 17.0 Å². The lowest BCUT2D eigenvalue weighted by Gasteiger charge is -2.19. The lowest BCUT2D eigenvalue weighted by atomic mass is 9.98. The topological polar surface area (TPSA) is 21.3 Å². The summed E-state index contributed by atoms with van der Waals surface area (Å²) in [6.07, 6.45) is 1.27. The molecule has 0 aromatic heterocycles. The molecule has 0 aliphatic heterocycles. The van der Waals surface area contributed by atoms with Gasteiger partial charge in [-0.1, -0.05) is 35.9 Å². The smallest absolute Gasteiger partial charge is 0.127 e. The van der Waals surface area contributed by atoms with Gasteiger partial charge in [-0.25, -0.2) is 4.39 Å². The van der Waals surface area contributed by atoms with Gasteiger partial charge in [0, 0.05) is 16.6 Å². The molecule has 1 unspecified atom stereocenters. The molecular formula is C17H19ClFNO. The molecule has 0 spiro atoms. The molecule has 0 heterocycles. The fourth-order valence-corrected chi connectivity index (χ4v) is 2.63. The van der Waals surface area contributed by atoms with Gasteiger partial charge in [-0.3, -0.25) is 0 Å². The normalized spacial score (nSPS) is 12.2. The second-order valence-corrected chi connectivity index (χ2v) is 5.31. The van der Waals surface area contributed by atoms with Crippen molar-refractivity contribution in [2.75, 3.05) is 14.2 Å². The highest BCUT2D eigenvalue weighted by atomic mass is 35.5. The first kappa shape index (κ1) is 15.8. The zero-order valence-corrected chi connectivity index (χ0v) is 13.0. The van der Waals surface area contributed by atoms with E-state index in [1.807, 2.05) is 31.3 Å². The Labute approximate surface area is 129 Å². The Balaban J connectivity index is 2.17. The minimum absolute atomic E-state index is 0.0794. The summed E-state index contributed by atoms with van der Waals surface area (Å²) in [5.74, 6) is 0.583. The monoisotopic (exact) mass is 307 g/mol. The SMILES string of the molecule is CNC(Cc1ccccc1OC)Cc1c(F)cccc1Cl. The third-order valence-corrected chi connectivity index (χ3v) is 3.93. The van der Waals surface area contributed by atoms with Crippen molar-refractivity contribution in [1.82, 2.24) is 5.32 Å². The van der Waals surface area contributed by atoms with Crippen LogP contribution in [0.5, 0.6) is 5.75 Å². The molecule has 2 nitrogen and oxygen atoms in total. The van der Waals surface area contributed by atoms with E-state index < -0.39 is 0 Å². The Morgan fingerprint density at radius 2 is 1.90 bits per heavy atom. The first-order chi connectivity index (χ1) is 10.2. The summed E-state index contributed by atoms with van der Waals surface area (Å²) in [5, 5.41) is 3.69. The van der Waals surface area contributed by atoms with Gasteiger partial charge in [0.25, 0.3) is 0 Å². The molecule has 2 aromatic carbocycles. The van der Waals surface area contributed by atoms with E-state index in [2.05, 4.69) is 5.32 Å². The Morgan fingerprint density at radius 3 is 2.57 bits per heavy atom. The van der Waals surface area contributed by atoms with E-state index in [1.54, 1.807) is 19.2 Å². The van der Waals surface area contributed by atoms with Gasteiger partial charge < -0.3 is 10.1 Å². The predicted octanol–water partition coefficient (Wildman–Crippen LogP) is 3.86. The number of hydrogen-bond donors (Lipinski definition) is 1. The minimum atomic E-state index is -0.261. The van der Waals surface area contributed by atoms with Crippen LogP contribution in [0, 0.1) is 5.82 Å². The van der Waals surface area contributed by atoms with Crippen LogP contribution in [-0.2, 0) is 12.8 Å². The number of nitrogens with one attached hydrogen (secondary N) is 1. The highest BCUT2D eigenvalue weighted by Gasteiger charge is 2.15. The largest absolute Gasteiger partial charge is 0.496 e. The first-order valence-electron chi connectivity index (χ1n) is 6.87. The van der Waals surface area contributed by atoms with Crippen LogP contribution in [-0.4, -0.2) is 20.2 Å². The Kier molecular flexibility index (Phi) is 5.59. The van der Waals surface area contributed by atoms with E-state index in [4.69, 9.17) is 16.3 Å². The van der Waals surface area contributed by atoms with Gasteiger partial charge in [0.15, 0.2) is 0 Å². The minimum Gasteiger partial charge on any atom is -0.496 e. The predicted molar refractivity (Wildman–Crippen MR) is 84.7 cm³/mol. The molecule has 0 saturated heterocycles. The number of rotatable bonds is 6. The Bertz CT molecular complexity index is 583. The zero-order valence-electron chi connectivity index (χ0n) is 12.2. The molecule has 0 aliphatic carbocycles. The summed E-state index contributed by atoms with van der Waals surface area (Å²) in [7, 11) is 3.52. The van der Waals surface area contributed by atoms with Crippen molar-refractivity contribution in [3.8, 4) is 5.75 Å². The average molecular weight is 308 g/mol. The van der Waals surface area contributed by atoms with Gasteiger partial charge in [0.05, 0.1) is 7.11 Å². The van der Waals surface area contributed by atoms with Crippen molar-refractivity contribution < 1.29 is 9.13 Å². The second-order valence-electron chi connectivity index (χ2n) is 4.91. The number of methoxy groups -OCH3 is 1. The number of halogens is 2. The maximum absolute atomic E-state index is 13.9. The quantitative estimate of drug-likeness (QED) is 0.875. The summed E-state index contributed by atoms with van der Waals surface area (Å²) in [5.41, 5.74) is 1.64. The summed E-state index contributed by atoms with van der Waals surface area (Å²) >= 11 is 6.10. The van der Waals surface area contributed by atoms with Gasteiger partial charge in [0.2, 0.25) is 0 Å². The van der Waals surface area contributed by atoms with Crippen LogP contribution >= 0.6 is 11.6 Å². The van der Waals surface area contributed by atoms with Crippen molar-refractivity contribution in [3.05, 3.63) is 64.4 Å². The van der Waals surface area contributed by atoms with Crippen LogP contribution in [0.3, 0.4) is 0 Å². The van der Waals surface area contributed by atoms with Crippen LogP contribution in [0.15, 0.2) is 42.5 Å². The second kappa shape index (κ2) is 7.43. The Morgan fingerprint density at radius 1 is 1.14 bits per heavy atom. The Hall–Kier alpha value is -1.58. The van der Waals surface area contributed by atoms with Gasteiger partial charge in [-0.05, 0) is 43.7 Å². The molecule has 4 heteroatoms. The van der Waals surface area contributed by atoms with Gasteiger partial charge in [-0.2, -0.15) is 0 Å². The van der Waals surface area contributed by atoms with Crippen molar-refractivity contribution >= 4 is 11.6 Å². The van der Waals surface area contributed by atoms with Crippen molar-refractivity contribution in [3.63, 3.8) is 0 Å². The molecule has 1 N–H and O–H groups in total. The molecule has 0 saturated carbocycles. The molecule has 2 rings (SSSR count). The van der Waals surface area contributed by atoms with Crippen molar-refractivity contribution in [2.24, 2.45) is 0 Å². The summed E-state index contributed by atoms with van der Waals surface area (Å²) in [6.45, 7) is 0. The lowest BCUT2D eigenvalue weighted by molar-refractivity contribution is 0.405. The zero-order chi connectivity index (χ0) is 15.2.